The van der Waals surface area contributed by atoms with Crippen LogP contribution in [-0.4, -0.2) is 39.7 Å². The van der Waals surface area contributed by atoms with Gasteiger partial charge in [0.2, 0.25) is 0 Å². The van der Waals surface area contributed by atoms with Gasteiger partial charge in [0.15, 0.2) is 6.10 Å². The van der Waals surface area contributed by atoms with Crippen LogP contribution < -0.4 is 0 Å². The molecule has 2 N–H and O–H groups in total. The lowest BCUT2D eigenvalue weighted by molar-refractivity contribution is -0.139. The van der Waals surface area contributed by atoms with Crippen molar-refractivity contribution in [1.29, 1.82) is 0 Å². The summed E-state index contributed by atoms with van der Waals surface area (Å²) in [6, 6.07) is 5.28. The predicted octanol–water partition coefficient (Wildman–Crippen LogP) is 1.90. The molecule has 0 radical (unpaired) electrons. The molecule has 0 bridgehead atoms. The Balaban J connectivity index is 1.98. The first-order valence-corrected chi connectivity index (χ1v) is 7.09. The number of aliphatic hydroxyl groups is 1. The van der Waals surface area contributed by atoms with Gasteiger partial charge in [-0.3, -0.25) is 9.89 Å². The largest absolute Gasteiger partial charge is 0.378 e. The maximum Gasteiger partial charge on any atom is 0.255 e. The van der Waals surface area contributed by atoms with Gasteiger partial charge in [0.05, 0.1) is 5.69 Å². The number of aryl methyl sites for hydroxylation is 2. The lowest BCUT2D eigenvalue weighted by atomic mass is 10.1. The summed E-state index contributed by atoms with van der Waals surface area (Å²) < 4.78 is 12.9. The number of nitrogens with zero attached hydrogens (tertiary/aromatic N) is 2. The van der Waals surface area contributed by atoms with Crippen LogP contribution in [0.1, 0.15) is 28.6 Å². The van der Waals surface area contributed by atoms with E-state index in [0.29, 0.717) is 18.5 Å². The number of hydrogen-bond donors (Lipinski definition) is 2. The normalized spacial score (nSPS) is 12.2. The van der Waals surface area contributed by atoms with Crippen LogP contribution in [0.4, 0.5) is 4.39 Å². The summed E-state index contributed by atoms with van der Waals surface area (Å²) in [4.78, 5) is 13.7. The molecule has 1 atom stereocenters. The average molecular weight is 305 g/mol. The van der Waals surface area contributed by atoms with Gasteiger partial charge in [-0.2, -0.15) is 5.10 Å². The summed E-state index contributed by atoms with van der Waals surface area (Å²) in [6.07, 6.45) is -0.621. The van der Waals surface area contributed by atoms with Crippen molar-refractivity contribution in [3.63, 3.8) is 0 Å². The predicted molar refractivity (Wildman–Crippen MR) is 80.8 cm³/mol. The van der Waals surface area contributed by atoms with Crippen LogP contribution in [0, 0.1) is 19.7 Å². The van der Waals surface area contributed by atoms with Crippen molar-refractivity contribution in [2.75, 3.05) is 13.6 Å². The molecule has 0 spiro atoms. The van der Waals surface area contributed by atoms with Crippen LogP contribution in [0.25, 0.3) is 0 Å². The summed E-state index contributed by atoms with van der Waals surface area (Å²) in [6.45, 7) is 4.32. The third kappa shape index (κ3) is 3.51. The molecule has 1 unspecified atom stereocenters. The highest BCUT2D eigenvalue weighted by Crippen LogP contribution is 2.17. The van der Waals surface area contributed by atoms with Crippen molar-refractivity contribution < 1.29 is 14.3 Å². The summed E-state index contributed by atoms with van der Waals surface area (Å²) in [7, 11) is 1.64. The van der Waals surface area contributed by atoms with E-state index in [4.69, 9.17) is 0 Å². The van der Waals surface area contributed by atoms with Crippen molar-refractivity contribution >= 4 is 5.91 Å². The van der Waals surface area contributed by atoms with E-state index in [1.807, 2.05) is 13.8 Å². The molecule has 2 rings (SSSR count). The first-order chi connectivity index (χ1) is 10.4. The highest BCUT2D eigenvalue weighted by Gasteiger charge is 2.21. The van der Waals surface area contributed by atoms with E-state index in [0.717, 1.165) is 17.0 Å². The third-order valence-corrected chi connectivity index (χ3v) is 3.77. The number of halogens is 1. The second-order valence-electron chi connectivity index (χ2n) is 5.38. The molecular formula is C16H20FN3O2. The van der Waals surface area contributed by atoms with Crippen LogP contribution in [0.2, 0.25) is 0 Å². The number of carbonyl (C=O) groups excluding carboxylic acids is 1. The smallest absolute Gasteiger partial charge is 0.255 e. The maximum atomic E-state index is 12.9. The van der Waals surface area contributed by atoms with Crippen LogP contribution in [0.3, 0.4) is 0 Å². The second kappa shape index (κ2) is 6.70. The molecule has 1 aromatic heterocycles. The molecule has 0 aliphatic rings. The number of carbonyl (C=O) groups is 1. The Hall–Kier alpha value is -2.21. The van der Waals surface area contributed by atoms with Gasteiger partial charge in [0, 0.05) is 19.3 Å². The molecule has 2 aromatic rings. The van der Waals surface area contributed by atoms with Crippen molar-refractivity contribution in [3.8, 4) is 0 Å². The molecule has 1 heterocycles. The number of aliphatic hydroxyl groups excluding tert-OH is 1. The molecule has 1 aromatic carbocycles. The van der Waals surface area contributed by atoms with Gasteiger partial charge in [-0.15, -0.1) is 0 Å². The Morgan fingerprint density at radius 3 is 2.55 bits per heavy atom. The maximum absolute atomic E-state index is 12.9. The number of likely N-dealkylation sites (N-methyl/N-ethyl adjacent to an activating group) is 1. The van der Waals surface area contributed by atoms with Crippen molar-refractivity contribution in [1.82, 2.24) is 15.1 Å². The monoisotopic (exact) mass is 305 g/mol. The molecule has 22 heavy (non-hydrogen) atoms. The van der Waals surface area contributed by atoms with Gasteiger partial charge >= 0.3 is 0 Å². The summed E-state index contributed by atoms with van der Waals surface area (Å²) >= 11 is 0. The van der Waals surface area contributed by atoms with Gasteiger partial charge in [0.1, 0.15) is 5.82 Å². The molecular weight excluding hydrogens is 285 g/mol. The topological polar surface area (TPSA) is 69.2 Å². The highest BCUT2D eigenvalue weighted by molar-refractivity contribution is 5.81. The quantitative estimate of drug-likeness (QED) is 0.886. The average Bonchev–Trinajstić information content (AvgIpc) is 2.83. The fourth-order valence-electron chi connectivity index (χ4n) is 2.33. The van der Waals surface area contributed by atoms with Gasteiger partial charge in [-0.1, -0.05) is 12.1 Å². The number of benzene rings is 1. The lowest BCUT2D eigenvalue weighted by Gasteiger charge is -2.21. The van der Waals surface area contributed by atoms with E-state index in [2.05, 4.69) is 10.2 Å². The van der Waals surface area contributed by atoms with Crippen LogP contribution in [0.15, 0.2) is 24.3 Å². The van der Waals surface area contributed by atoms with Crippen molar-refractivity contribution in [3.05, 3.63) is 52.6 Å². The molecule has 0 saturated carbocycles. The van der Waals surface area contributed by atoms with E-state index in [1.54, 1.807) is 7.05 Å². The summed E-state index contributed by atoms with van der Waals surface area (Å²) in [5.74, 6) is -0.812. The number of amides is 1. The molecule has 0 fully saturated rings. The fourth-order valence-corrected chi connectivity index (χ4v) is 2.33. The van der Waals surface area contributed by atoms with E-state index >= 15 is 0 Å². The molecule has 0 aliphatic heterocycles. The first kappa shape index (κ1) is 16.2. The highest BCUT2D eigenvalue weighted by atomic mass is 19.1. The number of aromatic nitrogens is 2. The minimum atomic E-state index is -1.28. The lowest BCUT2D eigenvalue weighted by Crippen LogP contribution is -2.33. The Morgan fingerprint density at radius 1 is 1.36 bits per heavy atom. The van der Waals surface area contributed by atoms with E-state index in [9.17, 15) is 14.3 Å². The van der Waals surface area contributed by atoms with Gasteiger partial charge in [-0.05, 0) is 43.5 Å². The van der Waals surface area contributed by atoms with Crippen LogP contribution in [-0.2, 0) is 11.2 Å². The fraction of sp³-hybridized carbons (Fsp3) is 0.375. The molecule has 6 heteroatoms. The SMILES string of the molecule is Cc1n[nH]c(C)c1CCN(C)C(=O)C(O)c1ccc(F)cc1. The van der Waals surface area contributed by atoms with E-state index in [1.165, 1.54) is 29.2 Å². The Kier molecular flexibility index (Phi) is 4.92. The molecule has 1 amide bonds. The molecule has 5 nitrogen and oxygen atoms in total. The number of nitrogens with one attached hydrogen (secondary N) is 1. The first-order valence-electron chi connectivity index (χ1n) is 7.09. The number of hydrogen-bond acceptors (Lipinski definition) is 3. The van der Waals surface area contributed by atoms with Crippen molar-refractivity contribution in [2.45, 2.75) is 26.4 Å². The Morgan fingerprint density at radius 2 is 2.00 bits per heavy atom. The van der Waals surface area contributed by atoms with Gasteiger partial charge in [0.25, 0.3) is 5.91 Å². The zero-order valence-electron chi connectivity index (χ0n) is 12.9. The van der Waals surface area contributed by atoms with Crippen molar-refractivity contribution in [2.24, 2.45) is 0 Å². The Bertz CT molecular complexity index is 632. The van der Waals surface area contributed by atoms with Gasteiger partial charge < -0.3 is 10.0 Å². The minimum Gasteiger partial charge on any atom is -0.378 e. The Labute approximate surface area is 128 Å². The summed E-state index contributed by atoms with van der Waals surface area (Å²) in [5, 5.41) is 17.1. The zero-order chi connectivity index (χ0) is 16.3. The van der Waals surface area contributed by atoms with Crippen LogP contribution in [0.5, 0.6) is 0 Å². The number of rotatable bonds is 5. The number of H-pyrrole nitrogens is 1. The second-order valence-corrected chi connectivity index (χ2v) is 5.38. The zero-order valence-corrected chi connectivity index (χ0v) is 12.9. The van der Waals surface area contributed by atoms with Gasteiger partial charge in [-0.25, -0.2) is 4.39 Å². The van der Waals surface area contributed by atoms with E-state index < -0.39 is 17.8 Å². The standard InChI is InChI=1S/C16H20FN3O2/c1-10-14(11(2)19-18-10)8-9-20(3)16(22)15(21)12-4-6-13(17)7-5-12/h4-7,15,21H,8-9H2,1-3H3,(H,18,19). The molecule has 0 saturated heterocycles. The van der Waals surface area contributed by atoms with E-state index in [-0.39, 0.29) is 0 Å². The third-order valence-electron chi connectivity index (χ3n) is 3.77. The summed E-state index contributed by atoms with van der Waals surface area (Å²) in [5.41, 5.74) is 3.36. The molecule has 0 aliphatic carbocycles. The number of aromatic amines is 1. The minimum absolute atomic E-state index is 0.383. The molecule has 118 valence electrons. The van der Waals surface area contributed by atoms with Crippen LogP contribution >= 0.6 is 0 Å².